The van der Waals surface area contributed by atoms with Crippen molar-refractivity contribution >= 4 is 29.3 Å². The summed E-state index contributed by atoms with van der Waals surface area (Å²) in [6, 6.07) is 30.2. The molecule has 4 N–H and O–H groups in total. The summed E-state index contributed by atoms with van der Waals surface area (Å²) in [6.07, 6.45) is 3.59. The molecule has 0 unspecified atom stereocenters. The highest BCUT2D eigenvalue weighted by Crippen LogP contribution is 2.28. The molecule has 220 valence electrons. The molecule has 0 spiro atoms. The largest absolute Gasteiger partial charge is 0.490 e. The summed E-state index contributed by atoms with van der Waals surface area (Å²) in [6.45, 7) is 0. The number of hydrogen-bond donors (Lipinski definition) is 4. The molecular formula is C34H33N3O6. The summed E-state index contributed by atoms with van der Waals surface area (Å²) in [5.41, 5.74) is 1.84. The van der Waals surface area contributed by atoms with Crippen LogP contribution >= 0.6 is 0 Å². The van der Waals surface area contributed by atoms with Crippen molar-refractivity contribution in [3.05, 3.63) is 114 Å². The van der Waals surface area contributed by atoms with E-state index in [1.54, 1.807) is 42.5 Å². The second-order valence-corrected chi connectivity index (χ2v) is 10.3. The molecule has 9 heteroatoms. The Morgan fingerprint density at radius 3 is 1.98 bits per heavy atom. The van der Waals surface area contributed by atoms with Crippen LogP contribution in [-0.4, -0.2) is 35.2 Å². The Labute approximate surface area is 249 Å². The number of para-hydroxylation sites is 2. The number of aromatic carboxylic acids is 1. The van der Waals surface area contributed by atoms with Crippen LogP contribution in [0.5, 0.6) is 17.2 Å². The van der Waals surface area contributed by atoms with Gasteiger partial charge in [-0.15, -0.1) is 0 Å². The molecule has 9 nitrogen and oxygen atoms in total. The average Bonchev–Trinajstić information content (AvgIpc) is 3.01. The number of carbonyl (C=O) groups is 3. The standard InChI is InChI=1S/C34H33N3O6/c38-32(37-31-9-5-4-8-30(31)33(39)40)22-23-10-14-26(15-11-23)42-28-18-20-29(21-19-28)43-27-16-12-25(13-17-27)36-34(41)35-24-6-2-1-3-7-24/h1-11,14-15,18-21,25,27H,12-13,16-17,22H2,(H,37,38)(H,39,40)(H2,35,36,41). The van der Waals surface area contributed by atoms with Crippen molar-refractivity contribution in [3.63, 3.8) is 0 Å². The minimum atomic E-state index is -1.10. The number of anilines is 2. The molecule has 0 aromatic heterocycles. The fourth-order valence-electron chi connectivity index (χ4n) is 4.95. The number of hydrogen-bond acceptors (Lipinski definition) is 5. The summed E-state index contributed by atoms with van der Waals surface area (Å²) in [7, 11) is 0. The summed E-state index contributed by atoms with van der Waals surface area (Å²) in [5.74, 6) is 0.628. The van der Waals surface area contributed by atoms with Crippen LogP contribution in [0.3, 0.4) is 0 Å². The van der Waals surface area contributed by atoms with Crippen LogP contribution in [0, 0.1) is 0 Å². The predicted molar refractivity (Wildman–Crippen MR) is 164 cm³/mol. The Morgan fingerprint density at radius 1 is 0.698 bits per heavy atom. The maximum Gasteiger partial charge on any atom is 0.337 e. The van der Waals surface area contributed by atoms with Crippen molar-refractivity contribution in [3.8, 4) is 17.2 Å². The maximum absolute atomic E-state index is 12.5. The van der Waals surface area contributed by atoms with E-state index in [0.29, 0.717) is 11.5 Å². The molecule has 1 aliphatic carbocycles. The van der Waals surface area contributed by atoms with E-state index in [4.69, 9.17) is 9.47 Å². The molecule has 0 saturated heterocycles. The summed E-state index contributed by atoms with van der Waals surface area (Å²) >= 11 is 0. The molecule has 0 radical (unpaired) electrons. The zero-order valence-corrected chi connectivity index (χ0v) is 23.5. The number of rotatable bonds is 10. The van der Waals surface area contributed by atoms with Crippen LogP contribution in [0.15, 0.2) is 103 Å². The lowest BCUT2D eigenvalue weighted by Crippen LogP contribution is -2.41. The first kappa shape index (κ1) is 29.2. The minimum Gasteiger partial charge on any atom is -0.490 e. The van der Waals surface area contributed by atoms with Crippen LogP contribution in [0.2, 0.25) is 0 Å². The Hall–Kier alpha value is -5.31. The van der Waals surface area contributed by atoms with Gasteiger partial charge in [0.1, 0.15) is 17.2 Å². The zero-order valence-electron chi connectivity index (χ0n) is 23.5. The van der Waals surface area contributed by atoms with E-state index in [9.17, 15) is 19.5 Å². The van der Waals surface area contributed by atoms with Gasteiger partial charge in [0.2, 0.25) is 5.91 Å². The van der Waals surface area contributed by atoms with Crippen molar-refractivity contribution < 1.29 is 29.0 Å². The van der Waals surface area contributed by atoms with E-state index >= 15 is 0 Å². The minimum absolute atomic E-state index is 0.0429. The van der Waals surface area contributed by atoms with Crippen molar-refractivity contribution in [1.29, 1.82) is 0 Å². The third-order valence-corrected chi connectivity index (χ3v) is 7.12. The highest BCUT2D eigenvalue weighted by Gasteiger charge is 2.23. The number of urea groups is 1. The third-order valence-electron chi connectivity index (χ3n) is 7.12. The van der Waals surface area contributed by atoms with Crippen molar-refractivity contribution in [2.45, 2.75) is 44.2 Å². The molecule has 1 saturated carbocycles. The number of carboxylic acid groups (broad SMARTS) is 1. The number of ether oxygens (including phenoxy) is 2. The van der Waals surface area contributed by atoms with Gasteiger partial charge in [-0.1, -0.05) is 42.5 Å². The lowest BCUT2D eigenvalue weighted by molar-refractivity contribution is -0.115. The van der Waals surface area contributed by atoms with Gasteiger partial charge < -0.3 is 30.5 Å². The van der Waals surface area contributed by atoms with Gasteiger partial charge in [0.15, 0.2) is 0 Å². The molecule has 1 aliphatic rings. The first-order chi connectivity index (χ1) is 20.9. The molecule has 1 fully saturated rings. The van der Waals surface area contributed by atoms with Crippen LogP contribution in [0.25, 0.3) is 0 Å². The van der Waals surface area contributed by atoms with E-state index < -0.39 is 5.97 Å². The van der Waals surface area contributed by atoms with E-state index in [-0.39, 0.29) is 41.8 Å². The van der Waals surface area contributed by atoms with Crippen LogP contribution in [0.1, 0.15) is 41.6 Å². The highest BCUT2D eigenvalue weighted by molar-refractivity contribution is 6.01. The summed E-state index contributed by atoms with van der Waals surface area (Å²) in [5, 5.41) is 17.9. The van der Waals surface area contributed by atoms with Crippen molar-refractivity contribution in [1.82, 2.24) is 5.32 Å². The number of carbonyl (C=O) groups excluding carboxylic acids is 2. The van der Waals surface area contributed by atoms with Gasteiger partial charge in [0.05, 0.1) is 23.8 Å². The quantitative estimate of drug-likeness (QED) is 0.162. The molecule has 4 aromatic rings. The normalized spacial score (nSPS) is 16.0. The second kappa shape index (κ2) is 14.0. The van der Waals surface area contributed by atoms with E-state index in [1.165, 1.54) is 6.07 Å². The van der Waals surface area contributed by atoms with Gasteiger partial charge in [0.25, 0.3) is 0 Å². The lowest BCUT2D eigenvalue weighted by atomic mass is 9.93. The van der Waals surface area contributed by atoms with E-state index in [1.807, 2.05) is 54.6 Å². The van der Waals surface area contributed by atoms with Crippen LogP contribution in [-0.2, 0) is 11.2 Å². The maximum atomic E-state index is 12.5. The highest BCUT2D eigenvalue weighted by atomic mass is 16.5. The smallest absolute Gasteiger partial charge is 0.337 e. The SMILES string of the molecule is O=C(Cc1ccc(Oc2ccc(OC3CCC(NC(=O)Nc4ccccc4)CC3)cc2)cc1)Nc1ccccc1C(=O)O. The molecule has 5 rings (SSSR count). The molecule has 0 heterocycles. The average molecular weight is 580 g/mol. The Bertz CT molecular complexity index is 1530. The van der Waals surface area contributed by atoms with Gasteiger partial charge in [-0.3, -0.25) is 4.79 Å². The van der Waals surface area contributed by atoms with Gasteiger partial charge in [-0.2, -0.15) is 0 Å². The Kier molecular flexibility index (Phi) is 9.53. The van der Waals surface area contributed by atoms with E-state index in [2.05, 4.69) is 16.0 Å². The van der Waals surface area contributed by atoms with Gasteiger partial charge in [-0.05, 0) is 91.9 Å². The first-order valence-corrected chi connectivity index (χ1v) is 14.2. The topological polar surface area (TPSA) is 126 Å². The Balaban J connectivity index is 1.04. The number of benzene rings is 4. The summed E-state index contributed by atoms with van der Waals surface area (Å²) in [4.78, 5) is 36.1. The fraction of sp³-hybridized carbons (Fsp3) is 0.206. The van der Waals surface area contributed by atoms with E-state index in [0.717, 1.165) is 42.7 Å². The van der Waals surface area contributed by atoms with Crippen molar-refractivity contribution in [2.24, 2.45) is 0 Å². The second-order valence-electron chi connectivity index (χ2n) is 10.3. The number of amides is 3. The molecule has 4 aromatic carbocycles. The monoisotopic (exact) mass is 579 g/mol. The number of carboxylic acids is 1. The lowest BCUT2D eigenvalue weighted by Gasteiger charge is -2.29. The van der Waals surface area contributed by atoms with Crippen LogP contribution < -0.4 is 25.4 Å². The van der Waals surface area contributed by atoms with Crippen molar-refractivity contribution in [2.75, 3.05) is 10.6 Å². The molecule has 3 amide bonds. The zero-order chi connectivity index (χ0) is 30.0. The molecule has 0 atom stereocenters. The predicted octanol–water partition coefficient (Wildman–Crippen LogP) is 6.87. The fourth-order valence-corrected chi connectivity index (χ4v) is 4.95. The van der Waals surface area contributed by atoms with Crippen LogP contribution in [0.4, 0.5) is 16.2 Å². The Morgan fingerprint density at radius 2 is 1.30 bits per heavy atom. The number of nitrogens with one attached hydrogen (secondary N) is 3. The van der Waals surface area contributed by atoms with Gasteiger partial charge in [-0.25, -0.2) is 9.59 Å². The van der Waals surface area contributed by atoms with Gasteiger partial charge in [0, 0.05) is 11.7 Å². The first-order valence-electron chi connectivity index (χ1n) is 14.2. The molecule has 0 bridgehead atoms. The van der Waals surface area contributed by atoms with Gasteiger partial charge >= 0.3 is 12.0 Å². The molecule has 43 heavy (non-hydrogen) atoms. The third kappa shape index (κ3) is 8.59. The molecular weight excluding hydrogens is 546 g/mol. The summed E-state index contributed by atoms with van der Waals surface area (Å²) < 4.78 is 12.1. The molecule has 0 aliphatic heterocycles.